The van der Waals surface area contributed by atoms with Crippen LogP contribution in [0.25, 0.3) is 0 Å². The Balaban J connectivity index is 1.93. The number of carbonyl (C=O) groups is 1. The van der Waals surface area contributed by atoms with E-state index in [1.165, 1.54) is 5.56 Å². The van der Waals surface area contributed by atoms with Crippen LogP contribution in [0.1, 0.15) is 43.6 Å². The average Bonchev–Trinajstić information content (AvgIpc) is 2.80. The van der Waals surface area contributed by atoms with E-state index in [1.54, 1.807) is 0 Å². The fourth-order valence-corrected chi connectivity index (χ4v) is 2.80. The van der Waals surface area contributed by atoms with Gasteiger partial charge in [0.1, 0.15) is 0 Å². The largest absolute Gasteiger partial charge is 0.376 e. The van der Waals surface area contributed by atoms with Gasteiger partial charge >= 0.3 is 0 Å². The molecule has 5 nitrogen and oxygen atoms in total. The molecule has 1 saturated heterocycles. The maximum absolute atomic E-state index is 12.2. The quantitative estimate of drug-likeness (QED) is 0.912. The van der Waals surface area contributed by atoms with E-state index in [0.717, 1.165) is 30.8 Å². The van der Waals surface area contributed by atoms with Crippen molar-refractivity contribution in [1.82, 2.24) is 15.1 Å². The lowest BCUT2D eigenvalue weighted by atomic mass is 9.94. The second-order valence-electron chi connectivity index (χ2n) is 6.00. The average molecular weight is 279 g/mol. The summed E-state index contributed by atoms with van der Waals surface area (Å²) in [4.78, 5) is 12.2. The van der Waals surface area contributed by atoms with Crippen molar-refractivity contribution >= 4 is 5.91 Å². The summed E-state index contributed by atoms with van der Waals surface area (Å²) >= 11 is 0. The van der Waals surface area contributed by atoms with E-state index < -0.39 is 0 Å². The van der Waals surface area contributed by atoms with Gasteiger partial charge in [-0.15, -0.1) is 0 Å². The van der Waals surface area contributed by atoms with E-state index in [-0.39, 0.29) is 17.6 Å². The fourth-order valence-electron chi connectivity index (χ4n) is 2.80. The summed E-state index contributed by atoms with van der Waals surface area (Å²) in [5.74, 6) is 0.0903. The van der Waals surface area contributed by atoms with Crippen LogP contribution in [-0.4, -0.2) is 33.9 Å². The number of nitrogens with one attached hydrogen (secondary N) is 1. The van der Waals surface area contributed by atoms with E-state index in [0.29, 0.717) is 6.42 Å². The molecule has 0 radical (unpaired) electrons. The van der Waals surface area contributed by atoms with E-state index in [2.05, 4.69) is 17.3 Å². The zero-order chi connectivity index (χ0) is 14.9. The van der Waals surface area contributed by atoms with E-state index in [4.69, 9.17) is 4.74 Å². The van der Waals surface area contributed by atoms with Gasteiger partial charge in [-0.05, 0) is 46.1 Å². The third-order valence-corrected chi connectivity index (χ3v) is 4.57. The van der Waals surface area contributed by atoms with Crippen molar-refractivity contribution in [3.05, 3.63) is 17.0 Å². The van der Waals surface area contributed by atoms with Gasteiger partial charge in [-0.1, -0.05) is 0 Å². The van der Waals surface area contributed by atoms with Gasteiger partial charge in [0.05, 0.1) is 17.3 Å². The van der Waals surface area contributed by atoms with E-state index in [9.17, 15) is 4.79 Å². The highest BCUT2D eigenvalue weighted by atomic mass is 16.5. The van der Waals surface area contributed by atoms with Crippen LogP contribution in [0.4, 0.5) is 0 Å². The molecule has 1 aromatic heterocycles. The number of aryl methyl sites for hydroxylation is 2. The van der Waals surface area contributed by atoms with Crippen molar-refractivity contribution in [3.8, 4) is 0 Å². The lowest BCUT2D eigenvalue weighted by molar-refractivity contribution is -0.123. The van der Waals surface area contributed by atoms with Crippen LogP contribution >= 0.6 is 0 Å². The summed E-state index contributed by atoms with van der Waals surface area (Å²) in [5.41, 5.74) is 3.11. The molecule has 1 aliphatic rings. The number of ether oxygens (including phenoxy) is 1. The minimum absolute atomic E-state index is 0.0771. The highest BCUT2D eigenvalue weighted by molar-refractivity contribution is 5.77. The van der Waals surface area contributed by atoms with E-state index >= 15 is 0 Å². The predicted octanol–water partition coefficient (Wildman–Crippen LogP) is 1.65. The molecule has 2 rings (SSSR count). The SMILES string of the molecule is Cc1nn(C)c(C)c1CCC(=O)NC1(C)CCOC1C. The molecule has 1 amide bonds. The highest BCUT2D eigenvalue weighted by Gasteiger charge is 2.38. The maximum atomic E-state index is 12.2. The van der Waals surface area contributed by atoms with Gasteiger partial charge in [-0.2, -0.15) is 5.10 Å². The Bertz CT molecular complexity index is 509. The van der Waals surface area contributed by atoms with Crippen molar-refractivity contribution < 1.29 is 9.53 Å². The van der Waals surface area contributed by atoms with Crippen molar-refractivity contribution in [2.24, 2.45) is 7.05 Å². The van der Waals surface area contributed by atoms with Crippen LogP contribution in [0.5, 0.6) is 0 Å². The molecule has 0 bridgehead atoms. The first-order chi connectivity index (χ1) is 9.33. The predicted molar refractivity (Wildman–Crippen MR) is 77.6 cm³/mol. The van der Waals surface area contributed by atoms with Gasteiger partial charge in [-0.25, -0.2) is 0 Å². The van der Waals surface area contributed by atoms with Crippen LogP contribution in [0.3, 0.4) is 0 Å². The van der Waals surface area contributed by atoms with Crippen LogP contribution in [0.2, 0.25) is 0 Å². The molecule has 0 aliphatic carbocycles. The lowest BCUT2D eigenvalue weighted by Gasteiger charge is -2.28. The Labute approximate surface area is 120 Å². The first-order valence-corrected chi connectivity index (χ1v) is 7.25. The smallest absolute Gasteiger partial charge is 0.220 e. The Hall–Kier alpha value is -1.36. The van der Waals surface area contributed by atoms with Crippen LogP contribution < -0.4 is 5.32 Å². The molecular weight excluding hydrogens is 254 g/mol. The summed E-state index contributed by atoms with van der Waals surface area (Å²) in [6.45, 7) is 8.83. The third-order valence-electron chi connectivity index (χ3n) is 4.57. The summed E-state index contributed by atoms with van der Waals surface area (Å²) in [6, 6.07) is 0. The normalized spacial score (nSPS) is 25.9. The summed E-state index contributed by atoms with van der Waals surface area (Å²) < 4.78 is 7.42. The van der Waals surface area contributed by atoms with E-state index in [1.807, 2.05) is 32.5 Å². The van der Waals surface area contributed by atoms with Crippen LogP contribution in [-0.2, 0) is 23.0 Å². The lowest BCUT2D eigenvalue weighted by Crippen LogP contribution is -2.50. The second kappa shape index (κ2) is 5.56. The monoisotopic (exact) mass is 279 g/mol. The standard InChI is InChI=1S/C15H25N3O2/c1-10-13(11(2)18(5)17-10)6-7-14(19)16-15(4)8-9-20-12(15)3/h12H,6-9H2,1-5H3,(H,16,19). The first kappa shape index (κ1) is 15.0. The van der Waals surface area contributed by atoms with Crippen molar-refractivity contribution in [2.75, 3.05) is 6.61 Å². The summed E-state index contributed by atoms with van der Waals surface area (Å²) in [6.07, 6.45) is 2.19. The minimum atomic E-state index is -0.226. The molecule has 5 heteroatoms. The molecule has 1 N–H and O–H groups in total. The number of hydrogen-bond donors (Lipinski definition) is 1. The van der Waals surface area contributed by atoms with Gasteiger partial charge in [0.25, 0.3) is 0 Å². The van der Waals surface area contributed by atoms with Crippen molar-refractivity contribution in [2.45, 2.75) is 58.6 Å². The zero-order valence-corrected chi connectivity index (χ0v) is 13.1. The molecule has 0 aromatic carbocycles. The van der Waals surface area contributed by atoms with Crippen molar-refractivity contribution in [3.63, 3.8) is 0 Å². The summed E-state index contributed by atoms with van der Waals surface area (Å²) in [7, 11) is 1.94. The third kappa shape index (κ3) is 2.87. The molecule has 0 saturated carbocycles. The Morgan fingerprint density at radius 1 is 1.55 bits per heavy atom. The number of aromatic nitrogens is 2. The van der Waals surface area contributed by atoms with Gasteiger partial charge in [0, 0.05) is 25.8 Å². The topological polar surface area (TPSA) is 56.2 Å². The molecule has 1 aromatic rings. The molecule has 2 unspecified atom stereocenters. The molecule has 112 valence electrons. The maximum Gasteiger partial charge on any atom is 0.220 e. The first-order valence-electron chi connectivity index (χ1n) is 7.25. The highest BCUT2D eigenvalue weighted by Crippen LogP contribution is 2.25. The Morgan fingerprint density at radius 3 is 2.75 bits per heavy atom. The molecule has 1 aliphatic heterocycles. The molecule has 0 spiro atoms. The summed E-state index contributed by atoms with van der Waals surface area (Å²) in [5, 5.41) is 7.51. The van der Waals surface area contributed by atoms with Gasteiger partial charge in [0.15, 0.2) is 0 Å². The number of carbonyl (C=O) groups excluding carboxylic acids is 1. The second-order valence-corrected chi connectivity index (χ2v) is 6.00. The molecule has 2 atom stereocenters. The Kier molecular flexibility index (Phi) is 4.18. The van der Waals surface area contributed by atoms with Crippen molar-refractivity contribution in [1.29, 1.82) is 0 Å². The Morgan fingerprint density at radius 2 is 2.25 bits per heavy atom. The molecule has 20 heavy (non-hydrogen) atoms. The number of nitrogens with zero attached hydrogens (tertiary/aromatic N) is 2. The van der Waals surface area contributed by atoms with Gasteiger partial charge in [0.2, 0.25) is 5.91 Å². The van der Waals surface area contributed by atoms with Crippen LogP contribution in [0.15, 0.2) is 0 Å². The molecule has 1 fully saturated rings. The number of rotatable bonds is 4. The number of hydrogen-bond acceptors (Lipinski definition) is 3. The number of amides is 1. The molecular formula is C15H25N3O2. The van der Waals surface area contributed by atoms with Crippen LogP contribution in [0, 0.1) is 13.8 Å². The van der Waals surface area contributed by atoms with Gasteiger partial charge < -0.3 is 10.1 Å². The van der Waals surface area contributed by atoms with Gasteiger partial charge in [-0.3, -0.25) is 9.48 Å². The molecule has 2 heterocycles. The zero-order valence-electron chi connectivity index (χ0n) is 13.1. The fraction of sp³-hybridized carbons (Fsp3) is 0.733. The minimum Gasteiger partial charge on any atom is -0.376 e.